The van der Waals surface area contributed by atoms with Crippen molar-refractivity contribution in [1.29, 1.82) is 0 Å². The van der Waals surface area contributed by atoms with E-state index in [0.29, 0.717) is 6.10 Å². The summed E-state index contributed by atoms with van der Waals surface area (Å²) in [5.41, 5.74) is 0. The number of rotatable bonds is 4. The molecule has 3 saturated heterocycles. The van der Waals surface area contributed by atoms with Gasteiger partial charge in [0, 0.05) is 51.6 Å². The van der Waals surface area contributed by atoms with Crippen molar-refractivity contribution in [2.75, 3.05) is 57.3 Å². The highest BCUT2D eigenvalue weighted by atomic mass is 16.5. The Labute approximate surface area is 152 Å². The molecule has 1 aromatic rings. The number of nitrogens with zero attached hydrogens (tertiary/aromatic N) is 4. The topological polar surface area (TPSA) is 31.8 Å². The number of piperazine rings is 1. The van der Waals surface area contributed by atoms with Crippen LogP contribution in [0.3, 0.4) is 0 Å². The van der Waals surface area contributed by atoms with Crippen molar-refractivity contribution >= 4 is 5.82 Å². The Morgan fingerprint density at radius 3 is 2.48 bits per heavy atom. The molecular formula is C20H32N4O. The van der Waals surface area contributed by atoms with Crippen LogP contribution in [-0.4, -0.2) is 79.3 Å². The molecule has 5 heteroatoms. The molecule has 138 valence electrons. The van der Waals surface area contributed by atoms with Gasteiger partial charge in [-0.2, -0.15) is 0 Å². The Morgan fingerprint density at radius 2 is 1.80 bits per heavy atom. The Kier molecular flexibility index (Phi) is 5.85. The first-order chi connectivity index (χ1) is 12.4. The molecule has 1 atom stereocenters. The summed E-state index contributed by atoms with van der Waals surface area (Å²) in [6.07, 6.45) is 8.88. The maximum absolute atomic E-state index is 5.91. The van der Waals surface area contributed by atoms with Gasteiger partial charge in [0.15, 0.2) is 0 Å². The van der Waals surface area contributed by atoms with E-state index in [1.807, 2.05) is 12.3 Å². The van der Waals surface area contributed by atoms with Crippen LogP contribution >= 0.6 is 0 Å². The molecule has 0 amide bonds. The molecule has 4 heterocycles. The minimum absolute atomic E-state index is 0.493. The standard InChI is InChI=1S/C20H32N4O/c1-3-9-21-20(6-1)24-14-12-23(13-15-24)18-7-10-22(11-8-18)17-19-5-2-4-16-25-19/h1,3,6,9,18-19H,2,4-5,7-8,10-17H2. The van der Waals surface area contributed by atoms with Crippen LogP contribution in [0.4, 0.5) is 5.82 Å². The predicted octanol–water partition coefficient (Wildman–Crippen LogP) is 2.24. The van der Waals surface area contributed by atoms with Gasteiger partial charge in [-0.25, -0.2) is 4.98 Å². The zero-order valence-electron chi connectivity index (χ0n) is 15.4. The van der Waals surface area contributed by atoms with Crippen molar-refractivity contribution in [3.8, 4) is 0 Å². The molecule has 0 aliphatic carbocycles. The Bertz CT molecular complexity index is 504. The molecule has 0 N–H and O–H groups in total. The third kappa shape index (κ3) is 4.52. The van der Waals surface area contributed by atoms with Gasteiger partial charge in [-0.15, -0.1) is 0 Å². The van der Waals surface area contributed by atoms with Crippen LogP contribution in [0.2, 0.25) is 0 Å². The zero-order valence-corrected chi connectivity index (χ0v) is 15.4. The number of hydrogen-bond acceptors (Lipinski definition) is 5. The number of hydrogen-bond donors (Lipinski definition) is 0. The summed E-state index contributed by atoms with van der Waals surface area (Å²) in [4.78, 5) is 12.3. The van der Waals surface area contributed by atoms with E-state index in [2.05, 4.69) is 31.8 Å². The van der Waals surface area contributed by atoms with E-state index in [0.717, 1.165) is 38.1 Å². The number of likely N-dealkylation sites (tertiary alicyclic amines) is 1. The minimum Gasteiger partial charge on any atom is -0.377 e. The molecule has 4 rings (SSSR count). The van der Waals surface area contributed by atoms with Gasteiger partial charge >= 0.3 is 0 Å². The number of pyridine rings is 1. The van der Waals surface area contributed by atoms with Crippen LogP contribution in [0, 0.1) is 0 Å². The second kappa shape index (κ2) is 8.47. The molecule has 0 radical (unpaired) electrons. The molecule has 5 nitrogen and oxygen atoms in total. The number of anilines is 1. The fraction of sp³-hybridized carbons (Fsp3) is 0.750. The molecule has 0 aromatic carbocycles. The SMILES string of the molecule is c1ccc(N2CCN(C3CCN(CC4CCCCO4)CC3)CC2)nc1. The highest BCUT2D eigenvalue weighted by Gasteiger charge is 2.28. The third-order valence-electron chi connectivity index (χ3n) is 6.10. The molecular weight excluding hydrogens is 312 g/mol. The quantitative estimate of drug-likeness (QED) is 0.836. The Balaban J connectivity index is 1.20. The molecule has 0 spiro atoms. The molecule has 0 bridgehead atoms. The van der Waals surface area contributed by atoms with Gasteiger partial charge in [0.2, 0.25) is 0 Å². The van der Waals surface area contributed by atoms with Gasteiger partial charge in [-0.3, -0.25) is 4.90 Å². The number of piperidine rings is 1. The van der Waals surface area contributed by atoms with Crippen molar-refractivity contribution in [3.63, 3.8) is 0 Å². The summed E-state index contributed by atoms with van der Waals surface area (Å²) >= 11 is 0. The summed E-state index contributed by atoms with van der Waals surface area (Å²) in [7, 11) is 0. The summed E-state index contributed by atoms with van der Waals surface area (Å²) in [5, 5.41) is 0. The maximum Gasteiger partial charge on any atom is 0.128 e. The van der Waals surface area contributed by atoms with E-state index in [1.165, 1.54) is 58.3 Å². The molecule has 25 heavy (non-hydrogen) atoms. The van der Waals surface area contributed by atoms with Crippen molar-refractivity contribution < 1.29 is 4.74 Å². The Hall–Kier alpha value is -1.17. The predicted molar refractivity (Wildman–Crippen MR) is 101 cm³/mol. The smallest absolute Gasteiger partial charge is 0.128 e. The summed E-state index contributed by atoms with van der Waals surface area (Å²) in [6, 6.07) is 6.97. The zero-order chi connectivity index (χ0) is 16.9. The average Bonchev–Trinajstić information content (AvgIpc) is 2.70. The van der Waals surface area contributed by atoms with Gasteiger partial charge in [-0.1, -0.05) is 6.07 Å². The fourth-order valence-electron chi connectivity index (χ4n) is 4.56. The monoisotopic (exact) mass is 344 g/mol. The Morgan fingerprint density at radius 1 is 0.960 bits per heavy atom. The van der Waals surface area contributed by atoms with Crippen molar-refractivity contribution in [2.24, 2.45) is 0 Å². The van der Waals surface area contributed by atoms with Crippen LogP contribution in [-0.2, 0) is 4.74 Å². The third-order valence-corrected chi connectivity index (χ3v) is 6.10. The van der Waals surface area contributed by atoms with Crippen LogP contribution in [0.25, 0.3) is 0 Å². The lowest BCUT2D eigenvalue weighted by atomic mass is 10.0. The minimum atomic E-state index is 0.493. The molecule has 3 aliphatic heterocycles. The van der Waals surface area contributed by atoms with Gasteiger partial charge in [0.25, 0.3) is 0 Å². The summed E-state index contributed by atoms with van der Waals surface area (Å²) in [5.74, 6) is 1.13. The first-order valence-corrected chi connectivity index (χ1v) is 10.1. The normalized spacial score (nSPS) is 27.5. The molecule has 0 saturated carbocycles. The van der Waals surface area contributed by atoms with Gasteiger partial charge < -0.3 is 14.5 Å². The van der Waals surface area contributed by atoms with E-state index in [-0.39, 0.29) is 0 Å². The molecule has 1 aromatic heterocycles. The van der Waals surface area contributed by atoms with E-state index in [9.17, 15) is 0 Å². The van der Waals surface area contributed by atoms with Crippen LogP contribution < -0.4 is 4.90 Å². The summed E-state index contributed by atoms with van der Waals surface area (Å²) < 4.78 is 5.91. The van der Waals surface area contributed by atoms with E-state index in [1.54, 1.807) is 0 Å². The van der Waals surface area contributed by atoms with Gasteiger partial charge in [-0.05, 0) is 57.3 Å². The molecule has 1 unspecified atom stereocenters. The maximum atomic E-state index is 5.91. The van der Waals surface area contributed by atoms with Crippen LogP contribution in [0.1, 0.15) is 32.1 Å². The largest absolute Gasteiger partial charge is 0.377 e. The van der Waals surface area contributed by atoms with Gasteiger partial charge in [0.1, 0.15) is 5.82 Å². The first-order valence-electron chi connectivity index (χ1n) is 10.1. The van der Waals surface area contributed by atoms with Crippen molar-refractivity contribution in [1.82, 2.24) is 14.8 Å². The van der Waals surface area contributed by atoms with E-state index >= 15 is 0 Å². The fourth-order valence-corrected chi connectivity index (χ4v) is 4.56. The second-order valence-corrected chi connectivity index (χ2v) is 7.73. The van der Waals surface area contributed by atoms with Crippen LogP contribution in [0.15, 0.2) is 24.4 Å². The van der Waals surface area contributed by atoms with Crippen molar-refractivity contribution in [2.45, 2.75) is 44.2 Å². The lowest BCUT2D eigenvalue weighted by molar-refractivity contribution is -0.0141. The number of ether oxygens (including phenoxy) is 1. The lowest BCUT2D eigenvalue weighted by Crippen LogP contribution is -2.54. The van der Waals surface area contributed by atoms with E-state index < -0.39 is 0 Å². The second-order valence-electron chi connectivity index (χ2n) is 7.73. The first kappa shape index (κ1) is 17.3. The lowest BCUT2D eigenvalue weighted by Gasteiger charge is -2.43. The summed E-state index contributed by atoms with van der Waals surface area (Å²) in [6.45, 7) is 9.16. The number of aromatic nitrogens is 1. The van der Waals surface area contributed by atoms with Crippen LogP contribution in [0.5, 0.6) is 0 Å². The van der Waals surface area contributed by atoms with E-state index in [4.69, 9.17) is 4.74 Å². The molecule has 3 fully saturated rings. The average molecular weight is 345 g/mol. The highest BCUT2D eigenvalue weighted by Crippen LogP contribution is 2.22. The van der Waals surface area contributed by atoms with Crippen molar-refractivity contribution in [3.05, 3.63) is 24.4 Å². The highest BCUT2D eigenvalue weighted by molar-refractivity contribution is 5.38. The molecule has 3 aliphatic rings. The van der Waals surface area contributed by atoms with Gasteiger partial charge in [0.05, 0.1) is 6.10 Å².